The first-order valence-electron chi connectivity index (χ1n) is 10.4. The van der Waals surface area contributed by atoms with Crippen LogP contribution in [0.4, 0.5) is 17.2 Å². The number of fused-ring (bicyclic) bond motifs is 1. The lowest BCUT2D eigenvalue weighted by Crippen LogP contribution is -2.32. The number of carbonyl (C=O) groups is 2. The molecular weight excluding hydrogens is 406 g/mol. The summed E-state index contributed by atoms with van der Waals surface area (Å²) < 4.78 is 4.90. The summed E-state index contributed by atoms with van der Waals surface area (Å²) in [5, 5.41) is 11.7. The highest BCUT2D eigenvalue weighted by Gasteiger charge is 2.19. The highest BCUT2D eigenvalue weighted by Crippen LogP contribution is 2.27. The molecule has 0 unspecified atom stereocenters. The standard InChI is InChI=1S/C24H27N5O3/c1-4-29(22(30)14-23(31)32-5-2)18-10-11-19-15(3)12-21(28-20(19)13-18)27-17-8-6-16(7-9-17)24(25)26/h6-13H,4-5,14H2,1-3H3,(H3,25,26)(H,27,28). The van der Waals surface area contributed by atoms with Crippen LogP contribution < -0.4 is 16.0 Å². The van der Waals surface area contributed by atoms with Gasteiger partial charge in [-0.3, -0.25) is 15.0 Å². The van der Waals surface area contributed by atoms with Gasteiger partial charge in [-0.25, -0.2) is 4.98 Å². The quantitative estimate of drug-likeness (QED) is 0.215. The van der Waals surface area contributed by atoms with E-state index in [-0.39, 0.29) is 24.8 Å². The Bertz CT molecular complexity index is 1160. The number of anilines is 3. The number of aryl methyl sites for hydroxylation is 1. The van der Waals surface area contributed by atoms with Crippen molar-refractivity contribution in [1.29, 1.82) is 5.41 Å². The highest BCUT2D eigenvalue weighted by molar-refractivity contribution is 6.04. The Balaban J connectivity index is 1.88. The van der Waals surface area contributed by atoms with Crippen LogP contribution in [-0.4, -0.2) is 35.8 Å². The number of pyridine rings is 1. The minimum Gasteiger partial charge on any atom is -0.466 e. The minimum absolute atomic E-state index is 0.0155. The van der Waals surface area contributed by atoms with E-state index in [1.54, 1.807) is 24.0 Å². The van der Waals surface area contributed by atoms with Crippen LogP contribution in [0.15, 0.2) is 48.5 Å². The SMILES string of the molecule is CCOC(=O)CC(=O)N(CC)c1ccc2c(C)cc(Nc3ccc(C(=N)N)cc3)nc2c1. The second-order valence-electron chi connectivity index (χ2n) is 7.26. The van der Waals surface area contributed by atoms with E-state index in [9.17, 15) is 9.59 Å². The second kappa shape index (κ2) is 9.91. The molecule has 0 fully saturated rings. The zero-order valence-corrected chi connectivity index (χ0v) is 18.4. The molecule has 0 aliphatic carbocycles. The summed E-state index contributed by atoms with van der Waals surface area (Å²) in [7, 11) is 0. The Morgan fingerprint density at radius 1 is 1.12 bits per heavy atom. The molecule has 32 heavy (non-hydrogen) atoms. The van der Waals surface area contributed by atoms with E-state index in [0.29, 0.717) is 23.6 Å². The highest BCUT2D eigenvalue weighted by atomic mass is 16.5. The molecule has 0 atom stereocenters. The molecule has 0 saturated carbocycles. The predicted octanol–water partition coefficient (Wildman–Crippen LogP) is 3.88. The van der Waals surface area contributed by atoms with Gasteiger partial charge in [0.25, 0.3) is 0 Å². The average molecular weight is 434 g/mol. The number of rotatable bonds is 8. The van der Waals surface area contributed by atoms with Crippen molar-refractivity contribution in [3.63, 3.8) is 0 Å². The molecule has 2 aromatic carbocycles. The van der Waals surface area contributed by atoms with Gasteiger partial charge in [-0.2, -0.15) is 0 Å². The molecule has 3 aromatic rings. The Kier molecular flexibility index (Phi) is 7.04. The van der Waals surface area contributed by atoms with Crippen molar-refractivity contribution in [2.75, 3.05) is 23.4 Å². The number of ether oxygens (including phenoxy) is 1. The van der Waals surface area contributed by atoms with Crippen LogP contribution in [0.1, 0.15) is 31.4 Å². The maximum absolute atomic E-state index is 12.6. The molecule has 8 heteroatoms. The molecule has 0 saturated heterocycles. The smallest absolute Gasteiger partial charge is 0.315 e. The van der Waals surface area contributed by atoms with E-state index < -0.39 is 5.97 Å². The summed E-state index contributed by atoms with van der Waals surface area (Å²) in [5.74, 6) is -0.180. The van der Waals surface area contributed by atoms with Crippen molar-refractivity contribution >= 4 is 45.8 Å². The number of nitrogens with zero attached hydrogens (tertiary/aromatic N) is 2. The number of amidine groups is 1. The first kappa shape index (κ1) is 22.7. The third-order valence-corrected chi connectivity index (χ3v) is 5.00. The normalized spacial score (nSPS) is 10.6. The van der Waals surface area contributed by atoms with Gasteiger partial charge in [0.15, 0.2) is 0 Å². The van der Waals surface area contributed by atoms with Crippen LogP contribution in [0.25, 0.3) is 10.9 Å². The summed E-state index contributed by atoms with van der Waals surface area (Å²) in [6.45, 7) is 6.22. The van der Waals surface area contributed by atoms with Crippen LogP contribution in [0.5, 0.6) is 0 Å². The van der Waals surface area contributed by atoms with Crippen LogP contribution in [0, 0.1) is 12.3 Å². The zero-order valence-electron chi connectivity index (χ0n) is 18.4. The summed E-state index contributed by atoms with van der Waals surface area (Å²) >= 11 is 0. The van der Waals surface area contributed by atoms with Crippen molar-refractivity contribution in [2.45, 2.75) is 27.2 Å². The van der Waals surface area contributed by atoms with Gasteiger partial charge < -0.3 is 20.7 Å². The van der Waals surface area contributed by atoms with E-state index in [1.165, 1.54) is 0 Å². The van der Waals surface area contributed by atoms with Crippen LogP contribution in [0.3, 0.4) is 0 Å². The second-order valence-corrected chi connectivity index (χ2v) is 7.26. The number of hydrogen-bond donors (Lipinski definition) is 3. The largest absolute Gasteiger partial charge is 0.466 e. The molecule has 4 N–H and O–H groups in total. The van der Waals surface area contributed by atoms with Gasteiger partial charge in [0, 0.05) is 28.9 Å². The minimum atomic E-state index is -0.534. The Morgan fingerprint density at radius 3 is 2.47 bits per heavy atom. The molecule has 1 amide bonds. The van der Waals surface area contributed by atoms with Crippen LogP contribution in [0.2, 0.25) is 0 Å². The number of aromatic nitrogens is 1. The van der Waals surface area contributed by atoms with Crippen LogP contribution in [-0.2, 0) is 14.3 Å². The molecule has 0 spiro atoms. The molecular formula is C24H27N5O3. The fraction of sp³-hybridized carbons (Fsp3) is 0.250. The van der Waals surface area contributed by atoms with E-state index in [4.69, 9.17) is 20.9 Å². The van der Waals surface area contributed by atoms with E-state index in [2.05, 4.69) is 5.32 Å². The molecule has 1 heterocycles. The lowest BCUT2D eigenvalue weighted by Gasteiger charge is -2.21. The lowest BCUT2D eigenvalue weighted by atomic mass is 10.1. The fourth-order valence-corrected chi connectivity index (χ4v) is 3.44. The fourth-order valence-electron chi connectivity index (χ4n) is 3.44. The summed E-state index contributed by atoms with van der Waals surface area (Å²) in [6.07, 6.45) is -0.302. The number of hydrogen-bond acceptors (Lipinski definition) is 6. The molecule has 166 valence electrons. The average Bonchev–Trinajstić information content (AvgIpc) is 2.74. The molecule has 1 aromatic heterocycles. The molecule has 0 bridgehead atoms. The van der Waals surface area contributed by atoms with Crippen molar-refractivity contribution in [3.8, 4) is 0 Å². The van der Waals surface area contributed by atoms with Crippen molar-refractivity contribution in [3.05, 3.63) is 59.7 Å². The van der Waals surface area contributed by atoms with Gasteiger partial charge in [0.2, 0.25) is 5.91 Å². The number of carbonyl (C=O) groups excluding carboxylic acids is 2. The van der Waals surface area contributed by atoms with E-state index in [0.717, 1.165) is 22.2 Å². The molecule has 8 nitrogen and oxygen atoms in total. The monoisotopic (exact) mass is 433 g/mol. The maximum Gasteiger partial charge on any atom is 0.315 e. The number of benzene rings is 2. The lowest BCUT2D eigenvalue weighted by molar-refractivity contribution is -0.145. The third-order valence-electron chi connectivity index (χ3n) is 5.00. The van der Waals surface area contributed by atoms with Gasteiger partial charge >= 0.3 is 5.97 Å². The first-order valence-corrected chi connectivity index (χ1v) is 10.4. The summed E-state index contributed by atoms with van der Waals surface area (Å²) in [5.41, 5.74) is 9.41. The van der Waals surface area contributed by atoms with Gasteiger partial charge in [-0.1, -0.05) is 6.07 Å². The van der Waals surface area contributed by atoms with E-state index >= 15 is 0 Å². The molecule has 0 radical (unpaired) electrons. The van der Waals surface area contributed by atoms with Crippen molar-refractivity contribution < 1.29 is 14.3 Å². The van der Waals surface area contributed by atoms with Gasteiger partial charge in [0.05, 0.1) is 12.1 Å². The Labute approximate surface area is 186 Å². The number of nitrogens with one attached hydrogen (secondary N) is 2. The van der Waals surface area contributed by atoms with Gasteiger partial charge in [-0.05, 0) is 68.8 Å². The van der Waals surface area contributed by atoms with E-state index in [1.807, 2.05) is 50.2 Å². The molecule has 3 rings (SSSR count). The molecule has 0 aliphatic heterocycles. The number of esters is 1. The predicted molar refractivity (Wildman–Crippen MR) is 126 cm³/mol. The van der Waals surface area contributed by atoms with Gasteiger partial charge in [0.1, 0.15) is 18.1 Å². The maximum atomic E-state index is 12.6. The number of nitrogen functional groups attached to an aromatic ring is 1. The Morgan fingerprint density at radius 2 is 1.84 bits per heavy atom. The van der Waals surface area contributed by atoms with Gasteiger partial charge in [-0.15, -0.1) is 0 Å². The Hall–Kier alpha value is -3.94. The number of nitrogens with two attached hydrogens (primary N) is 1. The molecule has 0 aliphatic rings. The van der Waals surface area contributed by atoms with Crippen molar-refractivity contribution in [2.24, 2.45) is 5.73 Å². The zero-order chi connectivity index (χ0) is 23.3. The summed E-state index contributed by atoms with van der Waals surface area (Å²) in [6, 6.07) is 14.8. The number of amides is 1. The summed E-state index contributed by atoms with van der Waals surface area (Å²) in [4.78, 5) is 30.6. The first-order chi connectivity index (χ1) is 15.3. The van der Waals surface area contributed by atoms with Crippen LogP contribution >= 0.6 is 0 Å². The third kappa shape index (κ3) is 5.21. The van der Waals surface area contributed by atoms with Crippen molar-refractivity contribution in [1.82, 2.24) is 4.98 Å². The topological polar surface area (TPSA) is 121 Å².